The van der Waals surface area contributed by atoms with E-state index in [4.69, 9.17) is 5.73 Å². The molecule has 0 amide bonds. The third kappa shape index (κ3) is 2.37. The highest BCUT2D eigenvalue weighted by molar-refractivity contribution is 5.98. The molecule has 2 aromatic rings. The summed E-state index contributed by atoms with van der Waals surface area (Å²) in [6.45, 7) is 5.62. The summed E-state index contributed by atoms with van der Waals surface area (Å²) in [5, 5.41) is 1.06. The number of anilines is 2. The molecule has 0 bridgehead atoms. The Morgan fingerprint density at radius 1 is 1.32 bits per heavy atom. The van der Waals surface area contributed by atoms with Crippen molar-refractivity contribution in [1.29, 1.82) is 0 Å². The van der Waals surface area contributed by atoms with Crippen LogP contribution in [0, 0.1) is 5.92 Å². The largest absolute Gasteiger partial charge is 0.398 e. The first kappa shape index (κ1) is 12.3. The third-order valence-corrected chi connectivity index (χ3v) is 3.87. The first-order valence-electron chi connectivity index (χ1n) is 7.06. The molecular weight excluding hydrogens is 234 g/mol. The Balaban J connectivity index is 2.09. The summed E-state index contributed by atoms with van der Waals surface area (Å²) in [5.41, 5.74) is 9.10. The average molecular weight is 255 g/mol. The lowest BCUT2D eigenvalue weighted by Gasteiger charge is -2.30. The number of aromatic nitrogens is 1. The van der Waals surface area contributed by atoms with E-state index in [9.17, 15) is 0 Å². The third-order valence-electron chi connectivity index (χ3n) is 3.87. The van der Waals surface area contributed by atoms with E-state index in [1.165, 1.54) is 18.5 Å². The van der Waals surface area contributed by atoms with Gasteiger partial charge in [0.2, 0.25) is 0 Å². The van der Waals surface area contributed by atoms with Gasteiger partial charge in [-0.2, -0.15) is 0 Å². The SMILES string of the molecule is CC(C)N(CC1CC1)c1ccc(N)c2cccnc12. The maximum atomic E-state index is 6.06. The van der Waals surface area contributed by atoms with E-state index in [-0.39, 0.29) is 0 Å². The molecule has 1 aromatic heterocycles. The first-order valence-corrected chi connectivity index (χ1v) is 7.06. The number of nitrogen functional groups attached to an aromatic ring is 1. The monoisotopic (exact) mass is 255 g/mol. The number of rotatable bonds is 4. The van der Waals surface area contributed by atoms with E-state index in [1.54, 1.807) is 0 Å². The maximum absolute atomic E-state index is 6.06. The first-order chi connectivity index (χ1) is 9.16. The topological polar surface area (TPSA) is 42.1 Å². The van der Waals surface area contributed by atoms with Crippen LogP contribution in [-0.2, 0) is 0 Å². The highest BCUT2D eigenvalue weighted by atomic mass is 15.2. The predicted molar refractivity (Wildman–Crippen MR) is 81.4 cm³/mol. The molecule has 1 saturated carbocycles. The fourth-order valence-corrected chi connectivity index (χ4v) is 2.58. The number of pyridine rings is 1. The molecule has 3 heteroatoms. The second-order valence-corrected chi connectivity index (χ2v) is 5.76. The zero-order valence-electron chi connectivity index (χ0n) is 11.6. The smallest absolute Gasteiger partial charge is 0.0956 e. The Labute approximate surface area is 114 Å². The van der Waals surface area contributed by atoms with Gasteiger partial charge in [-0.25, -0.2) is 0 Å². The highest BCUT2D eigenvalue weighted by Crippen LogP contribution is 2.35. The lowest BCUT2D eigenvalue weighted by atomic mass is 10.1. The lowest BCUT2D eigenvalue weighted by molar-refractivity contribution is 0.646. The molecule has 3 nitrogen and oxygen atoms in total. The van der Waals surface area contributed by atoms with Gasteiger partial charge in [-0.15, -0.1) is 0 Å². The van der Waals surface area contributed by atoms with Crippen LogP contribution in [0.4, 0.5) is 11.4 Å². The maximum Gasteiger partial charge on any atom is 0.0956 e. The minimum absolute atomic E-state index is 0.481. The number of benzene rings is 1. The van der Waals surface area contributed by atoms with Crippen molar-refractivity contribution < 1.29 is 0 Å². The van der Waals surface area contributed by atoms with Crippen molar-refractivity contribution in [2.24, 2.45) is 5.92 Å². The molecule has 1 aliphatic carbocycles. The number of nitrogens with zero attached hydrogens (tertiary/aromatic N) is 2. The van der Waals surface area contributed by atoms with E-state index in [0.717, 1.165) is 29.1 Å². The van der Waals surface area contributed by atoms with Crippen molar-refractivity contribution in [1.82, 2.24) is 4.98 Å². The van der Waals surface area contributed by atoms with Crippen LogP contribution >= 0.6 is 0 Å². The molecule has 0 radical (unpaired) electrons. The zero-order valence-corrected chi connectivity index (χ0v) is 11.6. The Hall–Kier alpha value is -1.77. The Morgan fingerprint density at radius 3 is 2.79 bits per heavy atom. The molecule has 100 valence electrons. The van der Waals surface area contributed by atoms with E-state index in [0.29, 0.717) is 6.04 Å². The van der Waals surface area contributed by atoms with Crippen LogP contribution in [0.5, 0.6) is 0 Å². The molecule has 0 saturated heterocycles. The van der Waals surface area contributed by atoms with E-state index >= 15 is 0 Å². The van der Waals surface area contributed by atoms with Gasteiger partial charge in [0.15, 0.2) is 0 Å². The van der Waals surface area contributed by atoms with Gasteiger partial charge in [0.05, 0.1) is 11.2 Å². The fourth-order valence-electron chi connectivity index (χ4n) is 2.58. The van der Waals surface area contributed by atoms with Crippen molar-refractivity contribution in [3.05, 3.63) is 30.5 Å². The summed E-state index contributed by atoms with van der Waals surface area (Å²) >= 11 is 0. The molecule has 1 aromatic carbocycles. The van der Waals surface area contributed by atoms with Gasteiger partial charge in [0.1, 0.15) is 0 Å². The molecular formula is C16H21N3. The van der Waals surface area contributed by atoms with Crippen LogP contribution < -0.4 is 10.6 Å². The van der Waals surface area contributed by atoms with Gasteiger partial charge in [0.25, 0.3) is 0 Å². The molecule has 1 fully saturated rings. The molecule has 0 spiro atoms. The molecule has 2 N–H and O–H groups in total. The Morgan fingerprint density at radius 2 is 2.11 bits per heavy atom. The van der Waals surface area contributed by atoms with Crippen LogP contribution in [0.25, 0.3) is 10.9 Å². The summed E-state index contributed by atoms with van der Waals surface area (Å²) < 4.78 is 0. The number of hydrogen-bond donors (Lipinski definition) is 1. The fraction of sp³-hybridized carbons (Fsp3) is 0.438. The van der Waals surface area contributed by atoms with Crippen LogP contribution in [0.1, 0.15) is 26.7 Å². The van der Waals surface area contributed by atoms with E-state index < -0.39 is 0 Å². The Kier molecular flexibility index (Phi) is 3.05. The van der Waals surface area contributed by atoms with E-state index in [1.807, 2.05) is 18.3 Å². The summed E-state index contributed by atoms with van der Waals surface area (Å²) in [5.74, 6) is 0.860. The second kappa shape index (κ2) is 4.72. The van der Waals surface area contributed by atoms with Gasteiger partial charge in [0, 0.05) is 29.9 Å². The van der Waals surface area contributed by atoms with Gasteiger partial charge in [-0.1, -0.05) is 0 Å². The van der Waals surface area contributed by atoms with Crippen LogP contribution in [0.15, 0.2) is 30.5 Å². The quantitative estimate of drug-likeness (QED) is 0.851. The molecule has 0 aliphatic heterocycles. The van der Waals surface area contributed by atoms with Gasteiger partial charge in [-0.3, -0.25) is 4.98 Å². The highest BCUT2D eigenvalue weighted by Gasteiger charge is 2.26. The number of fused-ring (bicyclic) bond motifs is 1. The van der Waals surface area contributed by atoms with Crippen LogP contribution in [0.3, 0.4) is 0 Å². The van der Waals surface area contributed by atoms with Crippen LogP contribution in [0.2, 0.25) is 0 Å². The molecule has 19 heavy (non-hydrogen) atoms. The second-order valence-electron chi connectivity index (χ2n) is 5.76. The molecule has 0 unspecified atom stereocenters. The molecule has 0 atom stereocenters. The van der Waals surface area contributed by atoms with E-state index in [2.05, 4.69) is 35.9 Å². The normalized spacial score (nSPS) is 15.1. The molecule has 3 rings (SSSR count). The Bertz CT molecular complexity index is 588. The van der Waals surface area contributed by atoms with Crippen molar-refractivity contribution >= 4 is 22.3 Å². The lowest BCUT2D eigenvalue weighted by Crippen LogP contribution is -2.33. The average Bonchev–Trinajstić information content (AvgIpc) is 3.21. The van der Waals surface area contributed by atoms with Crippen molar-refractivity contribution in [2.45, 2.75) is 32.7 Å². The molecule has 1 heterocycles. The standard InChI is InChI=1S/C16H21N3/c1-11(2)19(10-12-5-6-12)15-8-7-14(17)13-4-3-9-18-16(13)15/h3-4,7-9,11-12H,5-6,10,17H2,1-2H3. The van der Waals surface area contributed by atoms with Crippen LogP contribution in [-0.4, -0.2) is 17.6 Å². The van der Waals surface area contributed by atoms with Gasteiger partial charge in [-0.05, 0) is 56.9 Å². The number of hydrogen-bond acceptors (Lipinski definition) is 3. The number of nitrogens with two attached hydrogens (primary N) is 1. The minimum Gasteiger partial charge on any atom is -0.398 e. The van der Waals surface area contributed by atoms with Gasteiger partial charge >= 0.3 is 0 Å². The summed E-state index contributed by atoms with van der Waals surface area (Å²) in [4.78, 5) is 7.02. The van der Waals surface area contributed by atoms with Crippen molar-refractivity contribution in [3.63, 3.8) is 0 Å². The predicted octanol–water partition coefficient (Wildman–Crippen LogP) is 3.44. The summed E-state index contributed by atoms with van der Waals surface area (Å²) in [6, 6.07) is 8.60. The van der Waals surface area contributed by atoms with Crippen molar-refractivity contribution in [3.8, 4) is 0 Å². The summed E-state index contributed by atoms with van der Waals surface area (Å²) in [7, 11) is 0. The summed E-state index contributed by atoms with van der Waals surface area (Å²) in [6.07, 6.45) is 4.58. The minimum atomic E-state index is 0.481. The molecule has 1 aliphatic rings. The zero-order chi connectivity index (χ0) is 13.4. The van der Waals surface area contributed by atoms with Gasteiger partial charge < -0.3 is 10.6 Å². The van der Waals surface area contributed by atoms with Crippen molar-refractivity contribution in [2.75, 3.05) is 17.2 Å².